The third-order valence-corrected chi connectivity index (χ3v) is 2.72. The van der Waals surface area contributed by atoms with Crippen LogP contribution in [-0.2, 0) is 4.79 Å². The number of rotatable bonds is 3. The van der Waals surface area contributed by atoms with Crippen molar-refractivity contribution >= 4 is 45.3 Å². The zero-order valence-electron chi connectivity index (χ0n) is 8.15. The molecule has 0 atom stereocenters. The third kappa shape index (κ3) is 2.51. The first kappa shape index (κ1) is 12.1. The molecule has 0 aliphatic rings. The normalized spacial score (nSPS) is 9.80. The summed E-state index contributed by atoms with van der Waals surface area (Å²) >= 11 is 3.94. The number of hydrogen-bond acceptors (Lipinski definition) is 5. The lowest BCUT2D eigenvalue weighted by Crippen LogP contribution is -2.30. The van der Waals surface area contributed by atoms with E-state index in [4.69, 9.17) is 0 Å². The molecule has 0 saturated heterocycles. The van der Waals surface area contributed by atoms with Crippen molar-refractivity contribution in [2.75, 3.05) is 24.3 Å². The topological polar surface area (TPSA) is 75.2 Å². The van der Waals surface area contributed by atoms with E-state index < -0.39 is 0 Å². The number of carbonyl (C=O) groups is 2. The molecule has 0 spiro atoms. The minimum absolute atomic E-state index is 0.166. The van der Waals surface area contributed by atoms with Gasteiger partial charge in [0.25, 0.3) is 5.91 Å². The van der Waals surface area contributed by atoms with Crippen LogP contribution in [0.25, 0.3) is 0 Å². The molecule has 0 aromatic carbocycles. The minimum Gasteiger partial charge on any atom is -0.354 e. The van der Waals surface area contributed by atoms with Gasteiger partial charge < -0.3 is 5.32 Å². The van der Waals surface area contributed by atoms with Crippen LogP contribution in [0.4, 0.5) is 5.82 Å². The lowest BCUT2D eigenvalue weighted by Gasteiger charge is -2.13. The van der Waals surface area contributed by atoms with E-state index in [2.05, 4.69) is 30.0 Å². The number of aromatic nitrogens is 2. The SMILES string of the molecule is CNC(=O)c1nsnc1N(C)C(=O)CBr. The Morgan fingerprint density at radius 1 is 1.53 bits per heavy atom. The van der Waals surface area contributed by atoms with Gasteiger partial charge in [-0.1, -0.05) is 15.9 Å². The highest BCUT2D eigenvalue weighted by molar-refractivity contribution is 9.09. The Kier molecular flexibility index (Phi) is 4.15. The molecule has 6 nitrogen and oxygen atoms in total. The van der Waals surface area contributed by atoms with Crippen LogP contribution in [-0.4, -0.2) is 40.0 Å². The summed E-state index contributed by atoms with van der Waals surface area (Å²) in [6, 6.07) is 0. The van der Waals surface area contributed by atoms with Crippen molar-refractivity contribution in [2.45, 2.75) is 0 Å². The quantitative estimate of drug-likeness (QED) is 0.811. The molecule has 1 N–H and O–H groups in total. The van der Waals surface area contributed by atoms with Gasteiger partial charge in [-0.3, -0.25) is 14.5 Å². The van der Waals surface area contributed by atoms with Gasteiger partial charge in [-0.2, -0.15) is 8.75 Å². The number of anilines is 1. The molecule has 82 valence electrons. The van der Waals surface area contributed by atoms with Crippen LogP contribution < -0.4 is 10.2 Å². The summed E-state index contributed by atoms with van der Waals surface area (Å²) in [5.74, 6) is -0.260. The van der Waals surface area contributed by atoms with Crippen LogP contribution in [0.15, 0.2) is 0 Å². The van der Waals surface area contributed by atoms with Crippen molar-refractivity contribution in [3.8, 4) is 0 Å². The molecule has 2 amide bonds. The number of alkyl halides is 1. The summed E-state index contributed by atoms with van der Waals surface area (Å²) in [5.41, 5.74) is 0.166. The fourth-order valence-electron chi connectivity index (χ4n) is 0.873. The van der Waals surface area contributed by atoms with E-state index in [9.17, 15) is 9.59 Å². The van der Waals surface area contributed by atoms with Gasteiger partial charge >= 0.3 is 0 Å². The maximum Gasteiger partial charge on any atom is 0.274 e. The molecule has 0 aliphatic heterocycles. The first-order chi connectivity index (χ1) is 7.11. The zero-order chi connectivity index (χ0) is 11.4. The van der Waals surface area contributed by atoms with E-state index in [-0.39, 0.29) is 28.7 Å². The van der Waals surface area contributed by atoms with Gasteiger partial charge in [0.2, 0.25) is 5.91 Å². The lowest BCUT2D eigenvalue weighted by atomic mass is 10.4. The Labute approximate surface area is 99.1 Å². The fraction of sp³-hybridized carbons (Fsp3) is 0.429. The van der Waals surface area contributed by atoms with E-state index in [0.29, 0.717) is 0 Å². The second-order valence-corrected chi connectivity index (χ2v) is 3.69. The summed E-state index contributed by atoms with van der Waals surface area (Å²) in [5, 5.41) is 2.61. The van der Waals surface area contributed by atoms with Crippen LogP contribution >= 0.6 is 27.7 Å². The van der Waals surface area contributed by atoms with Gasteiger partial charge in [0.1, 0.15) is 0 Å². The summed E-state index contributed by atoms with van der Waals surface area (Å²) < 4.78 is 7.74. The van der Waals surface area contributed by atoms with Gasteiger partial charge in [0.15, 0.2) is 11.5 Å². The Balaban J connectivity index is 2.99. The molecule has 0 fully saturated rings. The third-order valence-electron chi connectivity index (χ3n) is 1.72. The molecular formula is C7H9BrN4O2S. The largest absolute Gasteiger partial charge is 0.354 e. The molecule has 0 aliphatic carbocycles. The van der Waals surface area contributed by atoms with E-state index >= 15 is 0 Å². The van der Waals surface area contributed by atoms with Crippen LogP contribution in [0.3, 0.4) is 0 Å². The molecule has 1 rings (SSSR count). The first-order valence-electron chi connectivity index (χ1n) is 3.99. The Bertz CT molecular complexity index is 381. The second-order valence-electron chi connectivity index (χ2n) is 2.60. The Hall–Kier alpha value is -1.02. The first-order valence-corrected chi connectivity index (χ1v) is 5.84. The molecule has 15 heavy (non-hydrogen) atoms. The van der Waals surface area contributed by atoms with Crippen LogP contribution in [0.5, 0.6) is 0 Å². The predicted octanol–water partition coefficient (Wildman–Crippen LogP) is 0.255. The number of carbonyl (C=O) groups excluding carboxylic acids is 2. The van der Waals surface area contributed by atoms with Crippen molar-refractivity contribution in [1.82, 2.24) is 14.1 Å². The monoisotopic (exact) mass is 292 g/mol. The summed E-state index contributed by atoms with van der Waals surface area (Å²) in [4.78, 5) is 24.0. The highest BCUT2D eigenvalue weighted by Crippen LogP contribution is 2.16. The molecule has 1 heterocycles. The molecule has 0 bridgehead atoms. The Morgan fingerprint density at radius 3 is 2.73 bits per heavy atom. The summed E-state index contributed by atoms with van der Waals surface area (Å²) in [6.07, 6.45) is 0. The van der Waals surface area contributed by atoms with Crippen LogP contribution in [0, 0.1) is 0 Å². The Morgan fingerprint density at radius 2 is 2.20 bits per heavy atom. The second kappa shape index (κ2) is 5.17. The minimum atomic E-state index is -0.354. The molecular weight excluding hydrogens is 284 g/mol. The average molecular weight is 293 g/mol. The van der Waals surface area contributed by atoms with Crippen LogP contribution in [0.1, 0.15) is 10.5 Å². The van der Waals surface area contributed by atoms with Crippen molar-refractivity contribution < 1.29 is 9.59 Å². The summed E-state index contributed by atoms with van der Waals surface area (Å²) in [6.45, 7) is 0. The van der Waals surface area contributed by atoms with Gasteiger partial charge in [0.05, 0.1) is 17.1 Å². The van der Waals surface area contributed by atoms with Crippen molar-refractivity contribution in [3.05, 3.63) is 5.69 Å². The molecule has 0 radical (unpaired) electrons. The number of halogens is 1. The van der Waals surface area contributed by atoms with Gasteiger partial charge in [-0.25, -0.2) is 0 Å². The number of nitrogens with zero attached hydrogens (tertiary/aromatic N) is 3. The molecule has 0 unspecified atom stereocenters. The maximum absolute atomic E-state index is 11.4. The van der Waals surface area contributed by atoms with Crippen molar-refractivity contribution in [1.29, 1.82) is 0 Å². The number of amides is 2. The smallest absolute Gasteiger partial charge is 0.274 e. The van der Waals surface area contributed by atoms with E-state index in [1.807, 2.05) is 0 Å². The standard InChI is InChI=1S/C7H9BrN4O2S/c1-9-7(14)5-6(11-15-10-5)12(2)4(13)3-8/h3H2,1-2H3,(H,9,14). The van der Waals surface area contributed by atoms with Crippen molar-refractivity contribution in [3.63, 3.8) is 0 Å². The molecule has 1 aromatic heterocycles. The molecule has 0 saturated carbocycles. The van der Waals surface area contributed by atoms with E-state index in [0.717, 1.165) is 11.7 Å². The van der Waals surface area contributed by atoms with Gasteiger partial charge in [-0.15, -0.1) is 0 Å². The van der Waals surface area contributed by atoms with E-state index in [1.165, 1.54) is 11.9 Å². The van der Waals surface area contributed by atoms with Crippen molar-refractivity contribution in [2.24, 2.45) is 0 Å². The number of nitrogens with one attached hydrogen (secondary N) is 1. The molecule has 8 heteroatoms. The number of hydrogen-bond donors (Lipinski definition) is 1. The maximum atomic E-state index is 11.4. The summed E-state index contributed by atoms with van der Waals surface area (Å²) in [7, 11) is 3.05. The molecule has 1 aromatic rings. The zero-order valence-corrected chi connectivity index (χ0v) is 10.6. The fourth-order valence-corrected chi connectivity index (χ4v) is 1.82. The van der Waals surface area contributed by atoms with Crippen LogP contribution in [0.2, 0.25) is 0 Å². The van der Waals surface area contributed by atoms with Gasteiger partial charge in [-0.05, 0) is 0 Å². The van der Waals surface area contributed by atoms with E-state index in [1.54, 1.807) is 7.05 Å². The highest BCUT2D eigenvalue weighted by atomic mass is 79.9. The average Bonchev–Trinajstić information content (AvgIpc) is 2.74. The lowest BCUT2D eigenvalue weighted by molar-refractivity contribution is -0.115. The van der Waals surface area contributed by atoms with Gasteiger partial charge in [0, 0.05) is 14.1 Å². The highest BCUT2D eigenvalue weighted by Gasteiger charge is 2.21. The predicted molar refractivity (Wildman–Crippen MR) is 60.5 cm³/mol.